The van der Waals surface area contributed by atoms with Crippen LogP contribution in [0.25, 0.3) is 0 Å². The number of carbonyl (C=O) groups is 4. The van der Waals surface area contributed by atoms with Gasteiger partial charge in [-0.1, -0.05) is 29.8 Å². The van der Waals surface area contributed by atoms with Gasteiger partial charge in [0.05, 0.1) is 13.1 Å². The van der Waals surface area contributed by atoms with Gasteiger partial charge in [-0.25, -0.2) is 0 Å². The topological polar surface area (TPSA) is 87.2 Å². The number of rotatable bonds is 6. The molecule has 8 nitrogen and oxygen atoms in total. The molecule has 2 amide bonds. The number of benzene rings is 1. The van der Waals surface area contributed by atoms with E-state index in [-0.39, 0.29) is 24.8 Å². The lowest BCUT2D eigenvalue weighted by Gasteiger charge is -2.43. The van der Waals surface area contributed by atoms with Crippen molar-refractivity contribution in [1.29, 1.82) is 0 Å². The van der Waals surface area contributed by atoms with Crippen molar-refractivity contribution in [3.8, 4) is 0 Å². The summed E-state index contributed by atoms with van der Waals surface area (Å²) in [4.78, 5) is 54.7. The number of nitrogens with zero attached hydrogens (tertiary/aromatic N) is 3. The Labute approximate surface area is 187 Å². The molecule has 1 saturated heterocycles. The largest absolute Gasteiger partial charge is 0.455 e. The van der Waals surface area contributed by atoms with Crippen LogP contribution in [0.4, 0.5) is 0 Å². The van der Waals surface area contributed by atoms with Gasteiger partial charge < -0.3 is 14.5 Å². The Balaban J connectivity index is 1.67. The molecule has 0 spiro atoms. The van der Waals surface area contributed by atoms with E-state index in [9.17, 15) is 19.2 Å². The summed E-state index contributed by atoms with van der Waals surface area (Å²) in [7, 11) is 3.27. The minimum Gasteiger partial charge on any atom is -0.455 e. The van der Waals surface area contributed by atoms with Gasteiger partial charge in [0.2, 0.25) is 5.91 Å². The van der Waals surface area contributed by atoms with Crippen LogP contribution < -0.4 is 0 Å². The van der Waals surface area contributed by atoms with Crippen LogP contribution in [0.2, 0.25) is 5.02 Å². The average molecular weight is 450 g/mol. The lowest BCUT2D eigenvalue weighted by atomic mass is 9.74. The maximum atomic E-state index is 13.1. The number of Topliss-reactive ketones (excluding diaryl/α,β-unsaturated/α-hetero) is 1. The molecule has 1 aliphatic carbocycles. The molecule has 3 rings (SSSR count). The number of hydrogen-bond acceptors (Lipinski definition) is 6. The highest BCUT2D eigenvalue weighted by Gasteiger charge is 2.48. The molecule has 0 unspecified atom stereocenters. The molecule has 0 bridgehead atoms. The molecule has 168 valence electrons. The third-order valence-electron chi connectivity index (χ3n) is 6.17. The summed E-state index contributed by atoms with van der Waals surface area (Å²) in [6.07, 6.45) is 2.38. The Hall–Kier alpha value is -2.45. The molecule has 1 atom stereocenters. The first-order valence-corrected chi connectivity index (χ1v) is 10.8. The number of ketones is 1. The zero-order valence-electron chi connectivity index (χ0n) is 17.9. The molecule has 0 N–H and O–H groups in total. The monoisotopic (exact) mass is 449 g/mol. The smallest absolute Gasteiger partial charge is 0.320 e. The minimum absolute atomic E-state index is 0.0626. The fraction of sp³-hybridized carbons (Fsp3) is 0.545. The Morgan fingerprint density at radius 1 is 1.19 bits per heavy atom. The Kier molecular flexibility index (Phi) is 7.33. The van der Waals surface area contributed by atoms with Gasteiger partial charge in [-0.3, -0.25) is 24.1 Å². The van der Waals surface area contributed by atoms with Crippen LogP contribution in [-0.4, -0.2) is 85.1 Å². The summed E-state index contributed by atoms with van der Waals surface area (Å²) in [5.41, 5.74) is -0.566. The van der Waals surface area contributed by atoms with Crippen LogP contribution in [0.3, 0.4) is 0 Å². The number of hydrogen-bond donors (Lipinski definition) is 0. The molecule has 2 aliphatic rings. The maximum absolute atomic E-state index is 13.1. The zero-order chi connectivity index (χ0) is 22.6. The van der Waals surface area contributed by atoms with Gasteiger partial charge in [0, 0.05) is 44.2 Å². The SMILES string of the molecule is CN1CCN(CC(=O)OCC(=O)N(C)[C@@]2(c3ccccc3Cl)CCCCC2=O)CC1=O. The van der Waals surface area contributed by atoms with Crippen LogP contribution in [0.15, 0.2) is 24.3 Å². The van der Waals surface area contributed by atoms with Gasteiger partial charge in [-0.05, 0) is 25.3 Å². The number of halogens is 1. The van der Waals surface area contributed by atoms with E-state index in [1.807, 2.05) is 0 Å². The summed E-state index contributed by atoms with van der Waals surface area (Å²) in [6.45, 7) is 0.705. The second-order valence-corrected chi connectivity index (χ2v) is 8.52. The lowest BCUT2D eigenvalue weighted by molar-refractivity contribution is -0.158. The summed E-state index contributed by atoms with van der Waals surface area (Å²) >= 11 is 6.41. The van der Waals surface area contributed by atoms with Gasteiger partial charge in [0.15, 0.2) is 12.4 Å². The first kappa shape index (κ1) is 23.2. The van der Waals surface area contributed by atoms with Crippen LogP contribution >= 0.6 is 11.6 Å². The van der Waals surface area contributed by atoms with Gasteiger partial charge in [0.1, 0.15) is 5.54 Å². The number of amides is 2. The highest BCUT2D eigenvalue weighted by Crippen LogP contribution is 2.42. The Bertz CT molecular complexity index is 876. The average Bonchev–Trinajstić information content (AvgIpc) is 2.75. The predicted octanol–water partition coefficient (Wildman–Crippen LogP) is 1.45. The molecule has 1 aromatic rings. The van der Waals surface area contributed by atoms with Crippen molar-refractivity contribution in [2.24, 2.45) is 0 Å². The second-order valence-electron chi connectivity index (χ2n) is 8.11. The van der Waals surface area contributed by atoms with Crippen molar-refractivity contribution in [2.45, 2.75) is 31.2 Å². The third kappa shape index (κ3) is 4.91. The summed E-state index contributed by atoms with van der Waals surface area (Å²) in [5.74, 6) is -1.18. The minimum atomic E-state index is -1.16. The summed E-state index contributed by atoms with van der Waals surface area (Å²) in [5, 5.41) is 0.425. The molecule has 0 radical (unpaired) electrons. The Morgan fingerprint density at radius 3 is 2.61 bits per heavy atom. The van der Waals surface area contributed by atoms with E-state index in [1.165, 1.54) is 4.90 Å². The molecule has 1 saturated carbocycles. The van der Waals surface area contributed by atoms with Crippen molar-refractivity contribution in [1.82, 2.24) is 14.7 Å². The first-order chi connectivity index (χ1) is 14.8. The van der Waals surface area contributed by atoms with E-state index in [4.69, 9.17) is 16.3 Å². The van der Waals surface area contributed by atoms with Crippen molar-refractivity contribution in [3.05, 3.63) is 34.9 Å². The van der Waals surface area contributed by atoms with Crippen molar-refractivity contribution in [2.75, 3.05) is 46.9 Å². The number of esters is 1. The molecule has 1 aromatic carbocycles. The first-order valence-electron chi connectivity index (χ1n) is 10.4. The molecule has 31 heavy (non-hydrogen) atoms. The van der Waals surface area contributed by atoms with Crippen LogP contribution in [0, 0.1) is 0 Å². The van der Waals surface area contributed by atoms with Gasteiger partial charge in [0.25, 0.3) is 5.91 Å². The van der Waals surface area contributed by atoms with Gasteiger partial charge >= 0.3 is 5.97 Å². The second kappa shape index (κ2) is 9.78. The lowest BCUT2D eigenvalue weighted by Crippen LogP contribution is -2.55. The zero-order valence-corrected chi connectivity index (χ0v) is 18.7. The van der Waals surface area contributed by atoms with Crippen molar-refractivity contribution in [3.63, 3.8) is 0 Å². The van der Waals surface area contributed by atoms with E-state index in [1.54, 1.807) is 48.2 Å². The molecule has 1 heterocycles. The standard InChI is InChI=1S/C22H28ClN3O5/c1-24-11-12-26(13-19(24)28)14-21(30)31-15-20(29)25(2)22(10-6-5-9-18(22)27)16-7-3-4-8-17(16)23/h3-4,7-8H,5-6,9-15H2,1-2H3/t22-/m1/s1. The molecule has 2 fully saturated rings. The van der Waals surface area contributed by atoms with Crippen molar-refractivity contribution < 1.29 is 23.9 Å². The van der Waals surface area contributed by atoms with Crippen LogP contribution in [0.5, 0.6) is 0 Å². The third-order valence-corrected chi connectivity index (χ3v) is 6.50. The predicted molar refractivity (Wildman–Crippen MR) is 114 cm³/mol. The fourth-order valence-corrected chi connectivity index (χ4v) is 4.54. The van der Waals surface area contributed by atoms with Crippen molar-refractivity contribution >= 4 is 35.2 Å². The number of carbonyl (C=O) groups excluding carboxylic acids is 4. The van der Waals surface area contributed by atoms with Gasteiger partial charge in [-0.15, -0.1) is 0 Å². The number of piperazine rings is 1. The number of ether oxygens (including phenoxy) is 1. The van der Waals surface area contributed by atoms with E-state index in [0.29, 0.717) is 36.5 Å². The van der Waals surface area contributed by atoms with E-state index in [0.717, 1.165) is 12.8 Å². The Morgan fingerprint density at radius 2 is 1.94 bits per heavy atom. The molecule has 0 aromatic heterocycles. The van der Waals surface area contributed by atoms with Crippen LogP contribution in [-0.2, 0) is 29.5 Å². The van der Waals surface area contributed by atoms with Crippen LogP contribution in [0.1, 0.15) is 31.2 Å². The summed E-state index contributed by atoms with van der Waals surface area (Å²) in [6, 6.07) is 7.04. The molecular formula is C22H28ClN3O5. The molecule has 1 aliphatic heterocycles. The molecular weight excluding hydrogens is 422 g/mol. The van der Waals surface area contributed by atoms with Gasteiger partial charge in [-0.2, -0.15) is 0 Å². The molecule has 9 heteroatoms. The van der Waals surface area contributed by atoms with E-state index in [2.05, 4.69) is 0 Å². The number of likely N-dealkylation sites (N-methyl/N-ethyl adjacent to an activating group) is 2. The quantitative estimate of drug-likeness (QED) is 0.611. The highest BCUT2D eigenvalue weighted by molar-refractivity contribution is 6.31. The summed E-state index contributed by atoms with van der Waals surface area (Å²) < 4.78 is 5.19. The fourth-order valence-electron chi connectivity index (χ4n) is 4.25. The van der Waals surface area contributed by atoms with E-state index >= 15 is 0 Å². The highest BCUT2D eigenvalue weighted by atomic mass is 35.5. The normalized spacial score (nSPS) is 22.4. The van der Waals surface area contributed by atoms with E-state index < -0.39 is 24.0 Å². The maximum Gasteiger partial charge on any atom is 0.320 e.